The van der Waals surface area contributed by atoms with E-state index in [0.717, 1.165) is 18.2 Å². The standard InChI is InChI=1S/C26H28O15/c27-5-13-18(33)21(36)23(38)26(41-13)15-19(34)14-10(30)4-12(7-1-2-8(28)9(29)3-7)40-24(14)16(20(15)35)25-22(37)17(32)11(31)6-39-25/h1-4,11,13,17-18,21-23,25-29,31-38H,5-6H2/t11-,13?,17-,18+,21-,22?,23?,25-,26-/m0/s1. The first kappa shape index (κ1) is 29.0. The molecule has 2 aromatic carbocycles. The minimum Gasteiger partial charge on any atom is -0.507 e. The Morgan fingerprint density at radius 2 is 1.44 bits per heavy atom. The Morgan fingerprint density at radius 1 is 0.756 bits per heavy atom. The number of hydrogen-bond donors (Lipinski definition) is 11. The molecule has 2 aliphatic heterocycles. The second kappa shape index (κ2) is 10.7. The van der Waals surface area contributed by atoms with Crippen LogP contribution < -0.4 is 5.43 Å². The molecule has 0 saturated carbocycles. The molecule has 0 aliphatic carbocycles. The maximum atomic E-state index is 13.4. The van der Waals surface area contributed by atoms with Gasteiger partial charge in [-0.05, 0) is 18.2 Å². The fourth-order valence-electron chi connectivity index (χ4n) is 5.16. The van der Waals surface area contributed by atoms with E-state index in [-0.39, 0.29) is 11.3 Å². The molecular weight excluding hydrogens is 552 g/mol. The monoisotopic (exact) mass is 580 g/mol. The molecule has 2 aliphatic rings. The minimum atomic E-state index is -2.01. The van der Waals surface area contributed by atoms with Crippen LogP contribution in [-0.2, 0) is 9.47 Å². The van der Waals surface area contributed by atoms with Crippen LogP contribution in [0.5, 0.6) is 23.0 Å². The molecule has 0 bridgehead atoms. The molecule has 15 heteroatoms. The van der Waals surface area contributed by atoms with Crippen molar-refractivity contribution in [2.24, 2.45) is 0 Å². The van der Waals surface area contributed by atoms with Crippen molar-refractivity contribution in [3.63, 3.8) is 0 Å². The molecule has 3 heterocycles. The van der Waals surface area contributed by atoms with Crippen LogP contribution in [0.15, 0.2) is 33.5 Å². The number of ether oxygens (including phenoxy) is 2. The molecule has 2 fully saturated rings. The first-order valence-electron chi connectivity index (χ1n) is 12.4. The van der Waals surface area contributed by atoms with Gasteiger partial charge in [-0.3, -0.25) is 4.79 Å². The van der Waals surface area contributed by atoms with Crippen molar-refractivity contribution in [1.82, 2.24) is 0 Å². The van der Waals surface area contributed by atoms with Crippen molar-refractivity contribution in [2.45, 2.75) is 54.9 Å². The number of fused-ring (bicyclic) bond motifs is 1. The number of aliphatic hydroxyl groups excluding tert-OH is 7. The molecule has 41 heavy (non-hydrogen) atoms. The number of hydrogen-bond acceptors (Lipinski definition) is 15. The molecule has 1 aromatic heterocycles. The summed E-state index contributed by atoms with van der Waals surface area (Å²) in [6, 6.07) is 4.36. The molecule has 5 rings (SSSR count). The van der Waals surface area contributed by atoms with Crippen LogP contribution in [0, 0.1) is 0 Å². The van der Waals surface area contributed by atoms with Crippen molar-refractivity contribution in [2.75, 3.05) is 13.2 Å². The minimum absolute atomic E-state index is 0.0720. The summed E-state index contributed by atoms with van der Waals surface area (Å²) in [5.41, 5.74) is -2.64. The maximum Gasteiger partial charge on any atom is 0.197 e. The molecule has 15 nitrogen and oxygen atoms in total. The Bertz CT molecular complexity index is 1520. The second-order valence-corrected chi connectivity index (χ2v) is 9.96. The largest absolute Gasteiger partial charge is 0.507 e. The van der Waals surface area contributed by atoms with E-state index in [2.05, 4.69) is 0 Å². The van der Waals surface area contributed by atoms with Gasteiger partial charge in [0.25, 0.3) is 0 Å². The smallest absolute Gasteiger partial charge is 0.197 e. The van der Waals surface area contributed by atoms with Crippen molar-refractivity contribution >= 4 is 11.0 Å². The number of aliphatic hydroxyl groups is 7. The molecule has 222 valence electrons. The fourth-order valence-corrected chi connectivity index (χ4v) is 5.16. The van der Waals surface area contributed by atoms with Crippen molar-refractivity contribution < 1.29 is 70.1 Å². The summed E-state index contributed by atoms with van der Waals surface area (Å²) in [5, 5.41) is 113. The topological polar surface area (TPSA) is 271 Å². The zero-order valence-corrected chi connectivity index (χ0v) is 21.0. The van der Waals surface area contributed by atoms with E-state index in [1.807, 2.05) is 0 Å². The van der Waals surface area contributed by atoms with Crippen molar-refractivity contribution in [3.05, 3.63) is 45.6 Å². The highest BCUT2D eigenvalue weighted by Gasteiger charge is 2.48. The Kier molecular flexibility index (Phi) is 7.58. The molecule has 2 saturated heterocycles. The molecule has 9 atom stereocenters. The summed E-state index contributed by atoms with van der Waals surface area (Å²) < 4.78 is 16.8. The predicted molar refractivity (Wildman–Crippen MR) is 134 cm³/mol. The SMILES string of the molecule is O=c1cc(-c2ccc(O)c(O)c2)oc2c([C@@H]3OC[C@H](O)[C@H](O)C3O)c(O)c([C@@H]3OC(CO)[C@@H](O)[C@H](O)C3O)c(O)c12. The van der Waals surface area contributed by atoms with Gasteiger partial charge in [-0.2, -0.15) is 0 Å². The maximum absolute atomic E-state index is 13.4. The Balaban J connectivity index is 1.81. The number of phenolic OH excluding ortho intramolecular Hbond substituents is 4. The van der Waals surface area contributed by atoms with Crippen LogP contribution in [-0.4, -0.2) is 112 Å². The normalized spacial score (nSPS) is 32.3. The van der Waals surface area contributed by atoms with E-state index in [4.69, 9.17) is 13.9 Å². The van der Waals surface area contributed by atoms with Crippen LogP contribution in [0.2, 0.25) is 0 Å². The Morgan fingerprint density at radius 3 is 2.10 bits per heavy atom. The summed E-state index contributed by atoms with van der Waals surface area (Å²) in [7, 11) is 0. The first-order chi connectivity index (χ1) is 19.4. The predicted octanol–water partition coefficient (Wildman–Crippen LogP) is -2.05. The molecule has 0 spiro atoms. The summed E-state index contributed by atoms with van der Waals surface area (Å²) in [4.78, 5) is 13.4. The van der Waals surface area contributed by atoms with Crippen molar-refractivity contribution in [1.29, 1.82) is 0 Å². The van der Waals surface area contributed by atoms with Crippen molar-refractivity contribution in [3.8, 4) is 34.3 Å². The van der Waals surface area contributed by atoms with E-state index >= 15 is 0 Å². The van der Waals surface area contributed by atoms with Gasteiger partial charge in [0.2, 0.25) is 0 Å². The summed E-state index contributed by atoms with van der Waals surface area (Å²) in [5.74, 6) is -3.21. The lowest BCUT2D eigenvalue weighted by molar-refractivity contribution is -0.232. The Hall–Kier alpha value is -3.51. The number of phenols is 4. The van der Waals surface area contributed by atoms with Gasteiger partial charge in [0.1, 0.15) is 77.6 Å². The van der Waals surface area contributed by atoms with E-state index < -0.39 is 119 Å². The number of benzene rings is 2. The lowest BCUT2D eigenvalue weighted by Gasteiger charge is -2.41. The van der Waals surface area contributed by atoms with Crippen LogP contribution >= 0.6 is 0 Å². The van der Waals surface area contributed by atoms with Crippen LogP contribution in [0.1, 0.15) is 23.3 Å². The zero-order valence-electron chi connectivity index (χ0n) is 21.0. The number of rotatable bonds is 4. The summed E-state index contributed by atoms with van der Waals surface area (Å²) >= 11 is 0. The second-order valence-electron chi connectivity index (χ2n) is 9.96. The first-order valence-corrected chi connectivity index (χ1v) is 12.4. The van der Waals surface area contributed by atoms with Gasteiger partial charge >= 0.3 is 0 Å². The summed E-state index contributed by atoms with van der Waals surface area (Å²) in [6.07, 6.45) is -16.0. The average Bonchev–Trinajstić information content (AvgIpc) is 2.93. The molecule has 11 N–H and O–H groups in total. The molecular formula is C26H28O15. The lowest BCUT2D eigenvalue weighted by Crippen LogP contribution is -2.55. The van der Waals surface area contributed by atoms with E-state index in [0.29, 0.717) is 0 Å². The third-order valence-corrected chi connectivity index (χ3v) is 7.42. The third-order valence-electron chi connectivity index (χ3n) is 7.42. The highest BCUT2D eigenvalue weighted by Crippen LogP contribution is 2.50. The highest BCUT2D eigenvalue weighted by atomic mass is 16.5. The Labute approximate surface area is 229 Å². The molecule has 0 radical (unpaired) electrons. The van der Waals surface area contributed by atoms with Gasteiger partial charge in [0.05, 0.1) is 24.3 Å². The van der Waals surface area contributed by atoms with E-state index in [9.17, 15) is 61.0 Å². The van der Waals surface area contributed by atoms with Crippen LogP contribution in [0.25, 0.3) is 22.3 Å². The van der Waals surface area contributed by atoms with E-state index in [1.165, 1.54) is 6.07 Å². The summed E-state index contributed by atoms with van der Waals surface area (Å²) in [6.45, 7) is -1.39. The molecule has 3 unspecified atom stereocenters. The quantitative estimate of drug-likeness (QED) is 0.148. The zero-order chi connectivity index (χ0) is 29.9. The molecule has 0 amide bonds. The van der Waals surface area contributed by atoms with Gasteiger partial charge in [0.15, 0.2) is 22.5 Å². The van der Waals surface area contributed by atoms with Gasteiger partial charge in [-0.25, -0.2) is 0 Å². The van der Waals surface area contributed by atoms with Gasteiger partial charge < -0.3 is 70.1 Å². The molecule has 3 aromatic rings. The fraction of sp³-hybridized carbons (Fsp3) is 0.423. The van der Waals surface area contributed by atoms with Gasteiger partial charge in [0, 0.05) is 11.6 Å². The van der Waals surface area contributed by atoms with Crippen LogP contribution in [0.3, 0.4) is 0 Å². The van der Waals surface area contributed by atoms with Gasteiger partial charge in [-0.1, -0.05) is 0 Å². The number of aromatic hydroxyl groups is 4. The average molecular weight is 580 g/mol. The lowest BCUT2D eigenvalue weighted by atomic mass is 9.85. The van der Waals surface area contributed by atoms with E-state index in [1.54, 1.807) is 0 Å². The third kappa shape index (κ3) is 4.66. The highest BCUT2D eigenvalue weighted by molar-refractivity contribution is 5.92. The van der Waals surface area contributed by atoms with Gasteiger partial charge in [-0.15, -0.1) is 0 Å². The van der Waals surface area contributed by atoms with Crippen LogP contribution in [0.4, 0.5) is 0 Å².